The van der Waals surface area contributed by atoms with E-state index in [4.69, 9.17) is 5.73 Å². The van der Waals surface area contributed by atoms with Gasteiger partial charge in [-0.2, -0.15) is 0 Å². The van der Waals surface area contributed by atoms with Gasteiger partial charge in [-0.3, -0.25) is 0 Å². The van der Waals surface area contributed by atoms with E-state index >= 15 is 0 Å². The van der Waals surface area contributed by atoms with E-state index in [2.05, 4.69) is 49.9 Å². The van der Waals surface area contributed by atoms with Gasteiger partial charge in [0.15, 0.2) is 0 Å². The molecule has 17 heavy (non-hydrogen) atoms. The third kappa shape index (κ3) is 5.22. The number of benzene rings is 1. The first-order chi connectivity index (χ1) is 8.13. The van der Waals surface area contributed by atoms with Gasteiger partial charge in [0.2, 0.25) is 0 Å². The van der Waals surface area contributed by atoms with Gasteiger partial charge in [-0.15, -0.1) is 0 Å². The Morgan fingerprint density at radius 3 is 2.59 bits per heavy atom. The van der Waals surface area contributed by atoms with Crippen LogP contribution in [-0.2, 0) is 0 Å². The number of anilines is 1. The molecule has 2 heteroatoms. The number of aryl methyl sites for hydroxylation is 1. The number of rotatable bonds is 7. The molecule has 0 saturated carbocycles. The molecule has 0 aliphatic carbocycles. The molecule has 0 unspecified atom stereocenters. The van der Waals surface area contributed by atoms with Gasteiger partial charge >= 0.3 is 0 Å². The lowest BCUT2D eigenvalue weighted by molar-refractivity contribution is 0.568. The highest BCUT2D eigenvalue weighted by molar-refractivity contribution is 5.48. The Morgan fingerprint density at radius 1 is 1.24 bits per heavy atom. The standard InChI is InChI=1S/C15H26N2/c1-13(2)8-11-17(10-5-9-16)15-7-4-6-14(3)12-15/h4,6-7,12-13H,5,8-11,16H2,1-3H3. The van der Waals surface area contributed by atoms with Gasteiger partial charge in [-0.05, 0) is 49.9 Å². The Hall–Kier alpha value is -1.02. The van der Waals surface area contributed by atoms with Crippen molar-refractivity contribution in [1.29, 1.82) is 0 Å². The van der Waals surface area contributed by atoms with Crippen LogP contribution in [0.25, 0.3) is 0 Å². The monoisotopic (exact) mass is 234 g/mol. The smallest absolute Gasteiger partial charge is 0.0368 e. The Kier molecular flexibility index (Phi) is 6.06. The molecule has 1 aromatic carbocycles. The minimum Gasteiger partial charge on any atom is -0.371 e. The molecular weight excluding hydrogens is 208 g/mol. The molecule has 0 atom stereocenters. The van der Waals surface area contributed by atoms with Gasteiger partial charge in [-0.25, -0.2) is 0 Å². The first kappa shape index (κ1) is 14.0. The van der Waals surface area contributed by atoms with Crippen LogP contribution in [0.3, 0.4) is 0 Å². The largest absolute Gasteiger partial charge is 0.371 e. The van der Waals surface area contributed by atoms with Crippen LogP contribution in [0.1, 0.15) is 32.3 Å². The summed E-state index contributed by atoms with van der Waals surface area (Å²) in [6, 6.07) is 8.74. The topological polar surface area (TPSA) is 29.3 Å². The van der Waals surface area contributed by atoms with E-state index < -0.39 is 0 Å². The molecule has 2 N–H and O–H groups in total. The van der Waals surface area contributed by atoms with E-state index in [1.54, 1.807) is 0 Å². The maximum absolute atomic E-state index is 5.61. The summed E-state index contributed by atoms with van der Waals surface area (Å²) in [4.78, 5) is 2.46. The molecule has 0 fully saturated rings. The van der Waals surface area contributed by atoms with Crippen molar-refractivity contribution in [1.82, 2.24) is 0 Å². The minimum atomic E-state index is 0.750. The zero-order valence-electron chi connectivity index (χ0n) is 11.4. The number of hydrogen-bond donors (Lipinski definition) is 1. The van der Waals surface area contributed by atoms with Crippen molar-refractivity contribution >= 4 is 5.69 Å². The number of nitrogens with two attached hydrogens (primary N) is 1. The maximum Gasteiger partial charge on any atom is 0.0368 e. The fourth-order valence-corrected chi connectivity index (χ4v) is 1.89. The average molecular weight is 234 g/mol. The zero-order chi connectivity index (χ0) is 12.7. The van der Waals surface area contributed by atoms with Crippen LogP contribution < -0.4 is 10.6 Å². The van der Waals surface area contributed by atoms with E-state index in [0.29, 0.717) is 0 Å². The number of hydrogen-bond acceptors (Lipinski definition) is 2. The summed E-state index contributed by atoms with van der Waals surface area (Å²) < 4.78 is 0. The van der Waals surface area contributed by atoms with Crippen LogP contribution >= 0.6 is 0 Å². The molecule has 2 nitrogen and oxygen atoms in total. The van der Waals surface area contributed by atoms with E-state index in [1.165, 1.54) is 17.7 Å². The molecule has 1 rings (SSSR count). The quantitative estimate of drug-likeness (QED) is 0.785. The highest BCUT2D eigenvalue weighted by Crippen LogP contribution is 2.17. The van der Waals surface area contributed by atoms with E-state index in [-0.39, 0.29) is 0 Å². The molecule has 0 amide bonds. The second-order valence-electron chi connectivity index (χ2n) is 5.15. The summed E-state index contributed by atoms with van der Waals surface area (Å²) in [5, 5.41) is 0. The lowest BCUT2D eigenvalue weighted by Crippen LogP contribution is -2.28. The summed E-state index contributed by atoms with van der Waals surface area (Å²) >= 11 is 0. The van der Waals surface area contributed by atoms with Crippen molar-refractivity contribution < 1.29 is 0 Å². The summed E-state index contributed by atoms with van der Waals surface area (Å²) in [5.74, 6) is 0.750. The SMILES string of the molecule is Cc1cccc(N(CCCN)CCC(C)C)c1. The fraction of sp³-hybridized carbons (Fsp3) is 0.600. The van der Waals surface area contributed by atoms with Crippen molar-refractivity contribution in [2.24, 2.45) is 11.7 Å². The molecular formula is C15H26N2. The van der Waals surface area contributed by atoms with Crippen LogP contribution in [0.4, 0.5) is 5.69 Å². The van der Waals surface area contributed by atoms with Gasteiger partial charge in [0.05, 0.1) is 0 Å². The first-order valence-corrected chi connectivity index (χ1v) is 6.65. The van der Waals surface area contributed by atoms with E-state index in [0.717, 1.165) is 32.0 Å². The minimum absolute atomic E-state index is 0.750. The van der Waals surface area contributed by atoms with Crippen molar-refractivity contribution in [3.63, 3.8) is 0 Å². The lowest BCUT2D eigenvalue weighted by atomic mass is 10.1. The van der Waals surface area contributed by atoms with Crippen LogP contribution in [0, 0.1) is 12.8 Å². The van der Waals surface area contributed by atoms with Gasteiger partial charge < -0.3 is 10.6 Å². The maximum atomic E-state index is 5.61. The molecule has 96 valence electrons. The third-order valence-corrected chi connectivity index (χ3v) is 2.98. The molecule has 0 radical (unpaired) electrons. The summed E-state index contributed by atoms with van der Waals surface area (Å²) in [5.41, 5.74) is 8.27. The molecule has 0 aromatic heterocycles. The Labute approximate surface area is 106 Å². The number of nitrogens with zero attached hydrogens (tertiary/aromatic N) is 1. The highest BCUT2D eigenvalue weighted by atomic mass is 15.1. The average Bonchev–Trinajstić information content (AvgIpc) is 2.29. The van der Waals surface area contributed by atoms with Crippen molar-refractivity contribution in [2.75, 3.05) is 24.5 Å². The Bertz CT molecular complexity index is 320. The predicted molar refractivity (Wildman–Crippen MR) is 76.5 cm³/mol. The predicted octanol–water partition coefficient (Wildman–Crippen LogP) is 3.20. The first-order valence-electron chi connectivity index (χ1n) is 6.65. The molecule has 0 heterocycles. The van der Waals surface area contributed by atoms with Gasteiger partial charge in [0.1, 0.15) is 0 Å². The Morgan fingerprint density at radius 2 is 2.00 bits per heavy atom. The molecule has 0 bridgehead atoms. The van der Waals surface area contributed by atoms with Crippen LogP contribution in [0.15, 0.2) is 24.3 Å². The normalized spacial score (nSPS) is 10.9. The van der Waals surface area contributed by atoms with Gasteiger partial charge in [0, 0.05) is 18.8 Å². The fourth-order valence-electron chi connectivity index (χ4n) is 1.89. The van der Waals surface area contributed by atoms with Crippen molar-refractivity contribution in [3.05, 3.63) is 29.8 Å². The zero-order valence-corrected chi connectivity index (χ0v) is 11.4. The highest BCUT2D eigenvalue weighted by Gasteiger charge is 2.07. The molecule has 0 saturated heterocycles. The molecule has 1 aromatic rings. The molecule has 0 spiro atoms. The molecule has 0 aliphatic rings. The van der Waals surface area contributed by atoms with Gasteiger partial charge in [0.25, 0.3) is 0 Å². The summed E-state index contributed by atoms with van der Waals surface area (Å²) in [7, 11) is 0. The van der Waals surface area contributed by atoms with Gasteiger partial charge in [-0.1, -0.05) is 26.0 Å². The second-order valence-corrected chi connectivity index (χ2v) is 5.15. The van der Waals surface area contributed by atoms with Crippen molar-refractivity contribution in [3.8, 4) is 0 Å². The van der Waals surface area contributed by atoms with Crippen LogP contribution in [0.2, 0.25) is 0 Å². The van der Waals surface area contributed by atoms with E-state index in [1.807, 2.05) is 0 Å². The third-order valence-electron chi connectivity index (χ3n) is 2.98. The second kappa shape index (κ2) is 7.33. The summed E-state index contributed by atoms with van der Waals surface area (Å²) in [6.45, 7) is 9.65. The lowest BCUT2D eigenvalue weighted by Gasteiger charge is -2.26. The van der Waals surface area contributed by atoms with E-state index in [9.17, 15) is 0 Å². The van der Waals surface area contributed by atoms with Crippen LogP contribution in [-0.4, -0.2) is 19.6 Å². The van der Waals surface area contributed by atoms with Crippen LogP contribution in [0.5, 0.6) is 0 Å². The summed E-state index contributed by atoms with van der Waals surface area (Å²) in [6.07, 6.45) is 2.30. The molecule has 0 aliphatic heterocycles. The van der Waals surface area contributed by atoms with Crippen molar-refractivity contribution in [2.45, 2.75) is 33.6 Å². The Balaban J connectivity index is 2.67.